The van der Waals surface area contributed by atoms with Crippen molar-refractivity contribution in [3.63, 3.8) is 0 Å². The molecule has 1 saturated carbocycles. The number of anilines is 2. The maximum atomic E-state index is 14.6. The molecule has 120 valence electrons. The molecule has 2 heterocycles. The smallest absolute Gasteiger partial charge is 0.146 e. The van der Waals surface area contributed by atoms with Crippen molar-refractivity contribution in [1.82, 2.24) is 4.90 Å². The average Bonchev–Trinajstić information content (AvgIpc) is 3.38. The van der Waals surface area contributed by atoms with Crippen LogP contribution in [0.1, 0.15) is 31.7 Å². The molecule has 0 N–H and O–H groups in total. The van der Waals surface area contributed by atoms with Gasteiger partial charge in [-0.15, -0.1) is 0 Å². The number of hydrogen-bond donors (Lipinski definition) is 0. The second-order valence-electron chi connectivity index (χ2n) is 6.88. The highest BCUT2D eigenvalue weighted by atomic mass is 19.1. The molecule has 1 aromatic carbocycles. The van der Waals surface area contributed by atoms with Crippen molar-refractivity contribution >= 4 is 11.4 Å². The zero-order valence-electron chi connectivity index (χ0n) is 13.5. The van der Waals surface area contributed by atoms with Crippen molar-refractivity contribution in [2.24, 2.45) is 0 Å². The highest BCUT2D eigenvalue weighted by molar-refractivity contribution is 5.66. The van der Waals surface area contributed by atoms with Gasteiger partial charge in [-0.2, -0.15) is 0 Å². The van der Waals surface area contributed by atoms with Crippen LogP contribution < -0.4 is 9.80 Å². The fraction of sp³-hybridized carbons (Fsp3) is 0.667. The number of piperazine rings is 1. The van der Waals surface area contributed by atoms with E-state index in [0.717, 1.165) is 57.8 Å². The number of nitrogens with zero attached hydrogens (tertiary/aromatic N) is 3. The van der Waals surface area contributed by atoms with Gasteiger partial charge in [0.25, 0.3) is 0 Å². The monoisotopic (exact) mass is 303 g/mol. The van der Waals surface area contributed by atoms with Gasteiger partial charge in [0.1, 0.15) is 5.82 Å². The normalized spacial score (nSPS) is 22.8. The van der Waals surface area contributed by atoms with E-state index < -0.39 is 0 Å². The Morgan fingerprint density at radius 1 is 1.05 bits per heavy atom. The first-order chi connectivity index (χ1) is 10.8. The third-order valence-corrected chi connectivity index (χ3v) is 5.45. The maximum Gasteiger partial charge on any atom is 0.146 e. The summed E-state index contributed by atoms with van der Waals surface area (Å²) in [6.07, 6.45) is 4.81. The molecule has 3 aliphatic rings. The highest BCUT2D eigenvalue weighted by Crippen LogP contribution is 2.39. The molecule has 2 aliphatic heterocycles. The molecular formula is C18H26FN3. The molecule has 1 saturated heterocycles. The summed E-state index contributed by atoms with van der Waals surface area (Å²) in [6, 6.07) is 4.67. The molecule has 4 rings (SSSR count). The van der Waals surface area contributed by atoms with Gasteiger partial charge in [0, 0.05) is 44.5 Å². The molecule has 2 fully saturated rings. The molecule has 0 aromatic heterocycles. The summed E-state index contributed by atoms with van der Waals surface area (Å²) in [7, 11) is 0. The van der Waals surface area contributed by atoms with Gasteiger partial charge in [-0.3, -0.25) is 0 Å². The second kappa shape index (κ2) is 5.73. The van der Waals surface area contributed by atoms with Gasteiger partial charge >= 0.3 is 0 Å². The van der Waals surface area contributed by atoms with E-state index in [1.807, 2.05) is 6.07 Å². The zero-order valence-corrected chi connectivity index (χ0v) is 13.5. The van der Waals surface area contributed by atoms with Gasteiger partial charge in [0.15, 0.2) is 0 Å². The molecule has 22 heavy (non-hydrogen) atoms. The van der Waals surface area contributed by atoms with Gasteiger partial charge in [0.05, 0.1) is 5.69 Å². The Bertz CT molecular complexity index is 548. The van der Waals surface area contributed by atoms with Crippen LogP contribution in [0.25, 0.3) is 0 Å². The summed E-state index contributed by atoms with van der Waals surface area (Å²) < 4.78 is 14.6. The lowest BCUT2D eigenvalue weighted by Crippen LogP contribution is -2.46. The van der Waals surface area contributed by atoms with Gasteiger partial charge in [-0.25, -0.2) is 4.39 Å². The number of benzene rings is 1. The van der Waals surface area contributed by atoms with Crippen molar-refractivity contribution in [3.05, 3.63) is 23.5 Å². The lowest BCUT2D eigenvalue weighted by molar-refractivity contribution is 0.270. The molecule has 0 radical (unpaired) electrons. The quantitative estimate of drug-likeness (QED) is 0.850. The van der Waals surface area contributed by atoms with Crippen LogP contribution in [-0.2, 0) is 6.42 Å². The van der Waals surface area contributed by atoms with E-state index in [4.69, 9.17) is 0 Å². The van der Waals surface area contributed by atoms with Crippen LogP contribution in [0.2, 0.25) is 0 Å². The van der Waals surface area contributed by atoms with E-state index >= 15 is 0 Å². The predicted octanol–water partition coefficient (Wildman–Crippen LogP) is 2.88. The number of aryl methyl sites for hydroxylation is 1. The van der Waals surface area contributed by atoms with E-state index in [2.05, 4.69) is 27.7 Å². The number of halogens is 1. The van der Waals surface area contributed by atoms with Crippen LogP contribution in [0.3, 0.4) is 0 Å². The Morgan fingerprint density at radius 2 is 1.82 bits per heavy atom. The minimum Gasteiger partial charge on any atom is -0.368 e. The van der Waals surface area contributed by atoms with Crippen LogP contribution in [0.4, 0.5) is 15.8 Å². The average molecular weight is 303 g/mol. The minimum atomic E-state index is -0.0265. The molecule has 0 bridgehead atoms. The van der Waals surface area contributed by atoms with E-state index in [1.165, 1.54) is 24.1 Å². The Balaban J connectivity index is 1.61. The summed E-state index contributed by atoms with van der Waals surface area (Å²) >= 11 is 0. The topological polar surface area (TPSA) is 9.72 Å². The van der Waals surface area contributed by atoms with Crippen LogP contribution in [-0.4, -0.2) is 50.2 Å². The maximum absolute atomic E-state index is 14.6. The van der Waals surface area contributed by atoms with Crippen LogP contribution in [0, 0.1) is 5.82 Å². The Hall–Kier alpha value is -1.29. The third kappa shape index (κ3) is 2.58. The van der Waals surface area contributed by atoms with Crippen molar-refractivity contribution in [1.29, 1.82) is 0 Å². The van der Waals surface area contributed by atoms with Crippen molar-refractivity contribution in [2.45, 2.75) is 38.6 Å². The second-order valence-corrected chi connectivity index (χ2v) is 6.88. The van der Waals surface area contributed by atoms with Gasteiger partial charge < -0.3 is 14.7 Å². The van der Waals surface area contributed by atoms with E-state index in [-0.39, 0.29) is 5.82 Å². The molecule has 1 aromatic rings. The van der Waals surface area contributed by atoms with Crippen molar-refractivity contribution in [3.8, 4) is 0 Å². The van der Waals surface area contributed by atoms with Crippen LogP contribution in [0.15, 0.2) is 12.1 Å². The first-order valence-electron chi connectivity index (χ1n) is 8.82. The molecular weight excluding hydrogens is 277 g/mol. The number of likely N-dealkylation sites (N-methyl/N-ethyl adjacent to an activating group) is 1. The zero-order chi connectivity index (χ0) is 15.1. The fourth-order valence-electron chi connectivity index (χ4n) is 3.93. The van der Waals surface area contributed by atoms with Gasteiger partial charge in [-0.1, -0.05) is 6.92 Å². The summed E-state index contributed by atoms with van der Waals surface area (Å²) in [5, 5.41) is 0. The molecule has 4 heteroatoms. The molecule has 0 unspecified atom stereocenters. The van der Waals surface area contributed by atoms with Crippen molar-refractivity contribution in [2.75, 3.05) is 49.1 Å². The molecule has 0 spiro atoms. The minimum absolute atomic E-state index is 0.0265. The Labute approximate surface area is 132 Å². The van der Waals surface area contributed by atoms with E-state index in [1.54, 1.807) is 0 Å². The van der Waals surface area contributed by atoms with E-state index in [0.29, 0.717) is 6.04 Å². The molecule has 0 atom stereocenters. The van der Waals surface area contributed by atoms with Crippen LogP contribution >= 0.6 is 0 Å². The highest BCUT2D eigenvalue weighted by Gasteiger charge is 2.33. The third-order valence-electron chi connectivity index (χ3n) is 5.45. The lowest BCUT2D eigenvalue weighted by Gasteiger charge is -2.37. The molecule has 3 nitrogen and oxygen atoms in total. The number of hydrogen-bond acceptors (Lipinski definition) is 3. The first-order valence-corrected chi connectivity index (χ1v) is 8.82. The number of fused-ring (bicyclic) bond motifs is 1. The van der Waals surface area contributed by atoms with E-state index in [9.17, 15) is 4.39 Å². The van der Waals surface area contributed by atoms with Crippen molar-refractivity contribution < 1.29 is 4.39 Å². The summed E-state index contributed by atoms with van der Waals surface area (Å²) in [5.41, 5.74) is 3.34. The van der Waals surface area contributed by atoms with Crippen LogP contribution in [0.5, 0.6) is 0 Å². The number of rotatable bonds is 3. The van der Waals surface area contributed by atoms with Gasteiger partial charge in [-0.05, 0) is 49.9 Å². The summed E-state index contributed by atoms with van der Waals surface area (Å²) in [6.45, 7) is 8.39. The first kappa shape index (κ1) is 14.3. The standard InChI is InChI=1S/C18H26FN3/c1-2-20-8-10-21(11-9-20)18-13-17-14(12-16(18)19)4-3-7-22(17)15-5-6-15/h12-13,15H,2-11H2,1H3. The van der Waals surface area contributed by atoms with Gasteiger partial charge in [0.2, 0.25) is 0 Å². The summed E-state index contributed by atoms with van der Waals surface area (Å²) in [4.78, 5) is 7.20. The lowest BCUT2D eigenvalue weighted by atomic mass is 10.00. The Morgan fingerprint density at radius 3 is 2.50 bits per heavy atom. The predicted molar refractivity (Wildman–Crippen MR) is 89.4 cm³/mol. The fourth-order valence-corrected chi connectivity index (χ4v) is 3.93. The Kier molecular flexibility index (Phi) is 3.73. The molecule has 0 amide bonds. The molecule has 1 aliphatic carbocycles. The summed E-state index contributed by atoms with van der Waals surface area (Å²) in [5.74, 6) is -0.0265. The SMILES string of the molecule is CCN1CCN(c2cc3c(cc2F)CCCN3C2CC2)CC1. The largest absolute Gasteiger partial charge is 0.368 e.